The summed E-state index contributed by atoms with van der Waals surface area (Å²) in [5, 5.41) is 11.3. The fraction of sp³-hybridized carbons (Fsp3) is 0.500. The Labute approximate surface area is 241 Å². The Kier molecular flexibility index (Phi) is 9.35. The molecule has 0 bridgehead atoms. The van der Waals surface area contributed by atoms with Gasteiger partial charge in [-0.1, -0.05) is 6.92 Å². The highest BCUT2D eigenvalue weighted by molar-refractivity contribution is 5.94. The number of aryl methyl sites for hydroxylation is 1. The number of nitrogens with zero attached hydrogens (tertiary/aromatic N) is 6. The number of nitrogens with one attached hydrogen (secondary N) is 3. The van der Waals surface area contributed by atoms with Gasteiger partial charge >= 0.3 is 0 Å². The Morgan fingerprint density at radius 2 is 2.05 bits per heavy atom. The summed E-state index contributed by atoms with van der Waals surface area (Å²) in [7, 11) is 2.18. The second-order valence-electron chi connectivity index (χ2n) is 11.0. The summed E-state index contributed by atoms with van der Waals surface area (Å²) in [6, 6.07) is 7.27. The van der Waals surface area contributed by atoms with Crippen LogP contribution in [0, 0.1) is 12.7 Å². The number of rotatable bonds is 13. The Morgan fingerprint density at radius 1 is 1.24 bits per heavy atom. The van der Waals surface area contributed by atoms with E-state index in [4.69, 9.17) is 9.73 Å². The molecule has 0 amide bonds. The number of aliphatic imine (C=N–C) groups is 2. The molecule has 2 aliphatic rings. The lowest BCUT2D eigenvalue weighted by Crippen LogP contribution is -2.50. The molecule has 3 heterocycles. The van der Waals surface area contributed by atoms with E-state index < -0.39 is 0 Å². The molecule has 1 saturated heterocycles. The van der Waals surface area contributed by atoms with Crippen LogP contribution in [0.25, 0.3) is 10.9 Å². The van der Waals surface area contributed by atoms with Crippen LogP contribution in [0.15, 0.2) is 46.1 Å². The Morgan fingerprint density at radius 3 is 2.78 bits per heavy atom. The number of hydrogen-bond acceptors (Lipinski definition) is 7. The number of H-pyrrole nitrogens is 2. The molecule has 1 aliphatic carbocycles. The van der Waals surface area contributed by atoms with E-state index in [0.717, 1.165) is 69.1 Å². The number of likely N-dealkylation sites (N-methyl/N-ethyl adjacent to an activating group) is 1. The standard InChI is InChI=1S/C30H42FN9O/c1-5-10-38(4)11-12-39-13-15-40(16-14-39)29(19-27(32-3)35-28-18-25(36-37-28)22-6-7-22)33-20-41-26-9-8-24-23(30(26)31)17-21(2)34-24/h8-9,17-19,22,34H,3,5-7,10-16,20H2,1-2,4H3,(H2,35,36,37)/b27-19+,33-29+. The molecule has 3 N–H and O–H groups in total. The van der Waals surface area contributed by atoms with Crippen LogP contribution in [0.4, 0.5) is 10.2 Å². The van der Waals surface area contributed by atoms with Gasteiger partial charge in [0, 0.05) is 79.6 Å². The van der Waals surface area contributed by atoms with E-state index in [1.165, 1.54) is 12.8 Å². The predicted octanol–water partition coefficient (Wildman–Crippen LogP) is 4.56. The van der Waals surface area contributed by atoms with Gasteiger partial charge in [-0.25, -0.2) is 14.4 Å². The van der Waals surface area contributed by atoms with Crippen molar-refractivity contribution < 1.29 is 9.13 Å². The summed E-state index contributed by atoms with van der Waals surface area (Å²) >= 11 is 0. The average molecular weight is 564 g/mol. The van der Waals surface area contributed by atoms with Gasteiger partial charge in [-0.15, -0.1) is 0 Å². The molecule has 41 heavy (non-hydrogen) atoms. The van der Waals surface area contributed by atoms with Crippen LogP contribution in [0.2, 0.25) is 0 Å². The highest BCUT2D eigenvalue weighted by Gasteiger charge is 2.26. The maximum atomic E-state index is 15.1. The maximum absolute atomic E-state index is 15.1. The first-order valence-corrected chi connectivity index (χ1v) is 14.5. The largest absolute Gasteiger partial charge is 0.468 e. The molecule has 0 unspecified atom stereocenters. The highest BCUT2D eigenvalue weighted by Crippen LogP contribution is 2.39. The molecule has 1 aromatic carbocycles. The molecule has 2 aromatic heterocycles. The highest BCUT2D eigenvalue weighted by atomic mass is 19.1. The lowest BCUT2D eigenvalue weighted by atomic mass is 10.2. The Bertz CT molecular complexity index is 1380. The molecule has 5 rings (SSSR count). The minimum Gasteiger partial charge on any atom is -0.468 e. The number of aromatic amines is 2. The lowest BCUT2D eigenvalue weighted by Gasteiger charge is -2.36. The van der Waals surface area contributed by atoms with Gasteiger partial charge in [0.2, 0.25) is 0 Å². The number of aromatic nitrogens is 3. The molecule has 220 valence electrons. The second kappa shape index (κ2) is 13.3. The van der Waals surface area contributed by atoms with E-state index in [2.05, 4.69) is 60.9 Å². The van der Waals surface area contributed by atoms with E-state index in [0.29, 0.717) is 28.8 Å². The van der Waals surface area contributed by atoms with Gasteiger partial charge in [-0.05, 0) is 64.7 Å². The van der Waals surface area contributed by atoms with Crippen molar-refractivity contribution in [2.75, 3.05) is 64.9 Å². The van der Waals surface area contributed by atoms with E-state index in [1.807, 2.05) is 25.1 Å². The number of anilines is 1. The Hall–Kier alpha value is -3.70. The zero-order valence-electron chi connectivity index (χ0n) is 24.4. The molecule has 0 spiro atoms. The number of hydrogen-bond donors (Lipinski definition) is 3. The summed E-state index contributed by atoms with van der Waals surface area (Å²) in [4.78, 5) is 19.2. The van der Waals surface area contributed by atoms with Crippen LogP contribution >= 0.6 is 0 Å². The van der Waals surface area contributed by atoms with Gasteiger partial charge in [-0.3, -0.25) is 10.00 Å². The predicted molar refractivity (Wildman–Crippen MR) is 164 cm³/mol. The first-order chi connectivity index (χ1) is 19.9. The smallest absolute Gasteiger partial charge is 0.181 e. The Balaban J connectivity index is 1.29. The molecule has 10 nitrogen and oxygen atoms in total. The monoisotopic (exact) mass is 563 g/mol. The van der Waals surface area contributed by atoms with E-state index in [9.17, 15) is 0 Å². The van der Waals surface area contributed by atoms with Crippen molar-refractivity contribution >= 4 is 29.3 Å². The van der Waals surface area contributed by atoms with E-state index >= 15 is 4.39 Å². The van der Waals surface area contributed by atoms with Gasteiger partial charge in [0.05, 0.1) is 0 Å². The molecule has 3 aromatic rings. The molecule has 0 atom stereocenters. The summed E-state index contributed by atoms with van der Waals surface area (Å²) in [5.74, 6) is 2.30. The fourth-order valence-electron chi connectivity index (χ4n) is 5.19. The SMILES string of the molecule is C=N/C(=C\C(=N/COc1ccc2[nH]c(C)cc2c1F)N1CCN(CCN(C)CCC)CC1)Nc1cc(C2CC2)[nH]n1. The fourth-order valence-corrected chi connectivity index (χ4v) is 5.19. The molecular weight excluding hydrogens is 521 g/mol. The summed E-state index contributed by atoms with van der Waals surface area (Å²) in [6.07, 6.45) is 5.41. The topological polar surface area (TPSA) is 100 Å². The molecule has 1 saturated carbocycles. The van der Waals surface area contributed by atoms with Crippen molar-refractivity contribution in [1.82, 2.24) is 29.9 Å². The molecule has 11 heteroatoms. The van der Waals surface area contributed by atoms with Crippen LogP contribution in [0.1, 0.15) is 43.5 Å². The van der Waals surface area contributed by atoms with Crippen molar-refractivity contribution in [3.8, 4) is 5.75 Å². The van der Waals surface area contributed by atoms with Gasteiger partial charge < -0.3 is 24.8 Å². The third-order valence-electron chi connectivity index (χ3n) is 7.69. The first-order valence-electron chi connectivity index (χ1n) is 14.5. The molecule has 1 aliphatic heterocycles. The molecule has 0 radical (unpaired) electrons. The quantitative estimate of drug-likeness (QED) is 0.208. The number of amidine groups is 1. The van der Waals surface area contributed by atoms with Gasteiger partial charge in [0.25, 0.3) is 0 Å². The minimum atomic E-state index is -0.388. The number of piperazine rings is 1. The van der Waals surface area contributed by atoms with Crippen LogP contribution in [-0.2, 0) is 0 Å². The van der Waals surface area contributed by atoms with Crippen molar-refractivity contribution in [2.24, 2.45) is 9.98 Å². The number of halogens is 1. The molecular formula is C30H42FN9O. The normalized spacial score (nSPS) is 17.0. The third-order valence-corrected chi connectivity index (χ3v) is 7.69. The second-order valence-corrected chi connectivity index (χ2v) is 11.0. The zero-order chi connectivity index (χ0) is 28.8. The van der Waals surface area contributed by atoms with Crippen molar-refractivity contribution in [3.05, 3.63) is 53.4 Å². The van der Waals surface area contributed by atoms with Crippen molar-refractivity contribution in [2.45, 2.75) is 39.0 Å². The minimum absolute atomic E-state index is 0.0294. The summed E-state index contributed by atoms with van der Waals surface area (Å²) < 4.78 is 20.9. The van der Waals surface area contributed by atoms with Gasteiger partial charge in [0.1, 0.15) is 11.7 Å². The van der Waals surface area contributed by atoms with Gasteiger partial charge in [-0.2, -0.15) is 5.10 Å². The van der Waals surface area contributed by atoms with Crippen LogP contribution in [0.5, 0.6) is 5.75 Å². The van der Waals surface area contributed by atoms with Crippen molar-refractivity contribution in [3.63, 3.8) is 0 Å². The van der Waals surface area contributed by atoms with E-state index in [1.54, 1.807) is 12.1 Å². The summed E-state index contributed by atoms with van der Waals surface area (Å²) in [6.45, 7) is 14.5. The molecule has 2 fully saturated rings. The summed E-state index contributed by atoms with van der Waals surface area (Å²) in [5.41, 5.74) is 2.78. The van der Waals surface area contributed by atoms with E-state index in [-0.39, 0.29) is 18.3 Å². The van der Waals surface area contributed by atoms with Gasteiger partial charge in [0.15, 0.2) is 24.1 Å². The maximum Gasteiger partial charge on any atom is 0.181 e. The first kappa shape index (κ1) is 28.8. The van der Waals surface area contributed by atoms with Crippen LogP contribution in [-0.4, -0.2) is 102 Å². The number of fused-ring (bicyclic) bond motifs is 1. The lowest BCUT2D eigenvalue weighted by molar-refractivity contribution is 0.163. The third kappa shape index (κ3) is 7.53. The van der Waals surface area contributed by atoms with Crippen LogP contribution < -0.4 is 10.1 Å². The van der Waals surface area contributed by atoms with Crippen LogP contribution in [0.3, 0.4) is 0 Å². The zero-order valence-corrected chi connectivity index (χ0v) is 24.4. The number of ether oxygens (including phenoxy) is 1. The van der Waals surface area contributed by atoms with Crippen molar-refractivity contribution in [1.29, 1.82) is 0 Å². The number of benzene rings is 1. The average Bonchev–Trinajstić information content (AvgIpc) is 3.59.